The van der Waals surface area contributed by atoms with Gasteiger partial charge in [0.2, 0.25) is 0 Å². The zero-order valence-electron chi connectivity index (χ0n) is 13.7. The first kappa shape index (κ1) is 16.8. The van der Waals surface area contributed by atoms with E-state index < -0.39 is 0 Å². The largest absolute Gasteiger partial charge is 0.438 e. The molecule has 2 rings (SSSR count). The molecule has 116 valence electrons. The molecule has 2 nitrogen and oxygen atoms in total. The fraction of sp³-hybridized carbons (Fsp3) is 0.368. The van der Waals surface area contributed by atoms with Gasteiger partial charge in [-0.1, -0.05) is 66.2 Å². The molecule has 3 heteroatoms. The molecular weight excluding hydrogens is 271 g/mol. The first-order valence-corrected chi connectivity index (χ1v) is 7.88. The summed E-state index contributed by atoms with van der Waals surface area (Å²) in [6.45, 7) is 2.27. The molecule has 2 aromatic carbocycles. The number of hydrogen-bond donors (Lipinski definition) is 0. The van der Waals surface area contributed by atoms with Crippen molar-refractivity contribution in [2.75, 3.05) is 14.2 Å². The van der Waals surface area contributed by atoms with Crippen LogP contribution in [0.4, 0.5) is 0 Å². The molecule has 0 saturated carbocycles. The molecular formula is C19H25BO2. The van der Waals surface area contributed by atoms with Gasteiger partial charge in [0.1, 0.15) is 0 Å². The number of hydrogen-bond acceptors (Lipinski definition) is 2. The van der Waals surface area contributed by atoms with Crippen molar-refractivity contribution >= 4 is 6.92 Å². The lowest BCUT2D eigenvalue weighted by Gasteiger charge is -2.28. The third kappa shape index (κ3) is 4.72. The summed E-state index contributed by atoms with van der Waals surface area (Å²) in [6.07, 6.45) is 2.01. The van der Waals surface area contributed by atoms with Gasteiger partial charge in [0.05, 0.1) is 6.10 Å². The van der Waals surface area contributed by atoms with Crippen LogP contribution < -0.4 is 0 Å². The Morgan fingerprint density at radius 2 is 1.41 bits per heavy atom. The highest BCUT2D eigenvalue weighted by molar-refractivity contribution is 6.53. The van der Waals surface area contributed by atoms with Crippen LogP contribution in [0.25, 0.3) is 0 Å². The van der Waals surface area contributed by atoms with Gasteiger partial charge < -0.3 is 9.39 Å². The minimum absolute atomic E-state index is 0.137. The number of rotatable bonds is 8. The van der Waals surface area contributed by atoms with Crippen molar-refractivity contribution in [1.82, 2.24) is 0 Å². The minimum Gasteiger partial charge on any atom is -0.438 e. The number of benzene rings is 2. The maximum absolute atomic E-state index is 5.83. The molecule has 0 spiro atoms. The predicted molar refractivity (Wildman–Crippen MR) is 93.3 cm³/mol. The fourth-order valence-electron chi connectivity index (χ4n) is 2.92. The van der Waals surface area contributed by atoms with Crippen molar-refractivity contribution in [2.24, 2.45) is 0 Å². The zero-order chi connectivity index (χ0) is 15.8. The first-order chi connectivity index (χ1) is 10.7. The summed E-state index contributed by atoms with van der Waals surface area (Å²) in [5, 5.41) is 0. The zero-order valence-corrected chi connectivity index (χ0v) is 13.7. The van der Waals surface area contributed by atoms with Crippen molar-refractivity contribution in [3.8, 4) is 0 Å². The lowest BCUT2D eigenvalue weighted by atomic mass is 9.49. The summed E-state index contributed by atoms with van der Waals surface area (Å²) in [6, 6.07) is 21.1. The molecule has 0 fully saturated rings. The Bertz CT molecular complexity index is 530. The molecule has 0 aliphatic heterocycles. The standard InChI is InChI=1S/C19H25BO2/c1-16(21-2)19(14-17-10-6-4-7-11-17)20(22-3)15-18-12-8-5-9-13-18/h4-13,16,19H,14-15H2,1-3H3/t16?,19-/m1/s1. The molecule has 0 N–H and O–H groups in total. The van der Waals surface area contributed by atoms with Gasteiger partial charge >= 0.3 is 6.92 Å². The molecule has 0 radical (unpaired) electrons. The van der Waals surface area contributed by atoms with E-state index in [4.69, 9.17) is 9.39 Å². The van der Waals surface area contributed by atoms with Gasteiger partial charge in [-0.15, -0.1) is 0 Å². The summed E-state index contributed by atoms with van der Waals surface area (Å²) in [5.41, 5.74) is 2.63. The minimum atomic E-state index is 0.137. The van der Waals surface area contributed by atoms with Crippen molar-refractivity contribution in [3.63, 3.8) is 0 Å². The lowest BCUT2D eigenvalue weighted by molar-refractivity contribution is 0.105. The highest BCUT2D eigenvalue weighted by Gasteiger charge is 2.31. The molecule has 0 saturated heterocycles. The van der Waals surface area contributed by atoms with Crippen LogP contribution in [0.15, 0.2) is 60.7 Å². The van der Waals surface area contributed by atoms with Gasteiger partial charge in [-0.05, 0) is 31.0 Å². The van der Waals surface area contributed by atoms with Gasteiger partial charge in [-0.3, -0.25) is 0 Å². The lowest BCUT2D eigenvalue weighted by Crippen LogP contribution is -2.35. The van der Waals surface area contributed by atoms with E-state index in [-0.39, 0.29) is 13.0 Å². The van der Waals surface area contributed by atoms with E-state index in [2.05, 4.69) is 61.5 Å². The second-order valence-corrected chi connectivity index (χ2v) is 5.76. The van der Waals surface area contributed by atoms with Gasteiger partial charge in [0.25, 0.3) is 0 Å². The summed E-state index contributed by atoms with van der Waals surface area (Å²) >= 11 is 0. The summed E-state index contributed by atoms with van der Waals surface area (Å²) < 4.78 is 11.5. The monoisotopic (exact) mass is 296 g/mol. The summed E-state index contributed by atoms with van der Waals surface area (Å²) in [7, 11) is 3.58. The molecule has 0 aliphatic carbocycles. The summed E-state index contributed by atoms with van der Waals surface area (Å²) in [5.74, 6) is 0.317. The van der Waals surface area contributed by atoms with Crippen LogP contribution in [0.1, 0.15) is 18.1 Å². The van der Waals surface area contributed by atoms with E-state index >= 15 is 0 Å². The summed E-state index contributed by atoms with van der Waals surface area (Å²) in [4.78, 5) is 0. The normalized spacial score (nSPS) is 13.6. The van der Waals surface area contributed by atoms with Gasteiger partial charge in [-0.25, -0.2) is 0 Å². The first-order valence-electron chi connectivity index (χ1n) is 7.88. The molecule has 0 amide bonds. The topological polar surface area (TPSA) is 18.5 Å². The molecule has 22 heavy (non-hydrogen) atoms. The van der Waals surface area contributed by atoms with Crippen molar-refractivity contribution in [3.05, 3.63) is 71.8 Å². The van der Waals surface area contributed by atoms with E-state index in [1.165, 1.54) is 11.1 Å². The Morgan fingerprint density at radius 1 is 0.864 bits per heavy atom. The molecule has 1 unspecified atom stereocenters. The van der Waals surface area contributed by atoms with Crippen molar-refractivity contribution < 1.29 is 9.39 Å². The molecule has 0 aliphatic rings. The van der Waals surface area contributed by atoms with E-state index in [9.17, 15) is 0 Å². The third-order valence-electron chi connectivity index (χ3n) is 4.35. The smallest absolute Gasteiger partial charge is 0.303 e. The third-order valence-corrected chi connectivity index (χ3v) is 4.35. The van der Waals surface area contributed by atoms with Crippen LogP contribution in [-0.4, -0.2) is 27.2 Å². The van der Waals surface area contributed by atoms with Gasteiger partial charge in [0.15, 0.2) is 0 Å². The Labute approximate surface area is 134 Å². The SMILES string of the molecule is COB(Cc1ccccc1)[C@H](Cc1ccccc1)C(C)OC. The van der Waals surface area contributed by atoms with Crippen molar-refractivity contribution in [1.29, 1.82) is 0 Å². The average molecular weight is 296 g/mol. The van der Waals surface area contributed by atoms with E-state index in [0.29, 0.717) is 5.82 Å². The molecule has 0 heterocycles. The average Bonchev–Trinajstić information content (AvgIpc) is 2.59. The van der Waals surface area contributed by atoms with Crippen LogP contribution in [-0.2, 0) is 22.1 Å². The van der Waals surface area contributed by atoms with E-state index in [1.54, 1.807) is 14.2 Å². The Morgan fingerprint density at radius 3 is 1.91 bits per heavy atom. The molecule has 2 atom stereocenters. The van der Waals surface area contributed by atoms with Crippen LogP contribution >= 0.6 is 0 Å². The van der Waals surface area contributed by atoms with Crippen LogP contribution in [0.3, 0.4) is 0 Å². The van der Waals surface area contributed by atoms with Crippen LogP contribution in [0.2, 0.25) is 5.82 Å². The Balaban J connectivity index is 2.14. The number of methoxy groups -OCH3 is 1. The maximum atomic E-state index is 5.83. The highest BCUT2D eigenvalue weighted by Crippen LogP contribution is 2.26. The maximum Gasteiger partial charge on any atom is 0.303 e. The van der Waals surface area contributed by atoms with Crippen LogP contribution in [0.5, 0.6) is 0 Å². The highest BCUT2D eigenvalue weighted by atomic mass is 16.5. The Hall–Kier alpha value is -1.58. The van der Waals surface area contributed by atoms with Gasteiger partial charge in [-0.2, -0.15) is 0 Å². The number of ether oxygens (including phenoxy) is 1. The second-order valence-electron chi connectivity index (χ2n) is 5.76. The molecule has 0 bridgehead atoms. The van der Waals surface area contributed by atoms with E-state index in [1.807, 2.05) is 6.07 Å². The van der Waals surface area contributed by atoms with Crippen molar-refractivity contribution in [2.45, 2.75) is 31.6 Å². The molecule has 2 aromatic rings. The Kier molecular flexibility index (Phi) is 6.69. The molecule has 0 aromatic heterocycles. The van der Waals surface area contributed by atoms with E-state index in [0.717, 1.165) is 12.7 Å². The van der Waals surface area contributed by atoms with Gasteiger partial charge in [0, 0.05) is 14.2 Å². The second kappa shape index (κ2) is 8.77. The predicted octanol–water partition coefficient (Wildman–Crippen LogP) is 4.05. The quantitative estimate of drug-likeness (QED) is 0.684. The fourth-order valence-corrected chi connectivity index (χ4v) is 2.92. The van der Waals surface area contributed by atoms with Crippen LogP contribution in [0, 0.1) is 0 Å².